The van der Waals surface area contributed by atoms with E-state index in [9.17, 15) is 0 Å². The summed E-state index contributed by atoms with van der Waals surface area (Å²) in [4.78, 5) is 0. The second-order valence-corrected chi connectivity index (χ2v) is 7.36. The first-order valence-corrected chi connectivity index (χ1v) is 14.1. The molecule has 0 heterocycles. The summed E-state index contributed by atoms with van der Waals surface area (Å²) in [6, 6.07) is 0. The van der Waals surface area contributed by atoms with E-state index in [0.29, 0.717) is 106 Å². The molecule has 0 aliphatic heterocycles. The number of aliphatic hydroxyl groups excluding tert-OH is 4. The lowest BCUT2D eigenvalue weighted by molar-refractivity contribution is 0.0106. The molecule has 0 aromatic heterocycles. The number of methoxy groups -OCH3 is 6. The van der Waals surface area contributed by atoms with Gasteiger partial charge in [-0.2, -0.15) is 0 Å². The van der Waals surface area contributed by atoms with Gasteiger partial charge in [-0.1, -0.05) is 0 Å². The van der Waals surface area contributed by atoms with E-state index in [1.165, 1.54) is 0 Å². The molecule has 16 heteroatoms. The van der Waals surface area contributed by atoms with E-state index in [1.807, 2.05) is 0 Å². The highest BCUT2D eigenvalue weighted by atomic mass is 16.6. The average Bonchev–Trinajstić information content (AvgIpc) is 3.02. The van der Waals surface area contributed by atoms with Crippen LogP contribution in [0.1, 0.15) is 0 Å². The van der Waals surface area contributed by atoms with Crippen molar-refractivity contribution in [2.24, 2.45) is 0 Å². The summed E-state index contributed by atoms with van der Waals surface area (Å²) in [5, 5.41) is 32.7. The van der Waals surface area contributed by atoms with Gasteiger partial charge in [-0.05, 0) is 0 Å². The van der Waals surface area contributed by atoms with Gasteiger partial charge in [-0.3, -0.25) is 0 Å². The minimum Gasteiger partial charge on any atom is -0.394 e. The standard InChI is InChI=1S/C8H18O4.C6H14O4.C6H14O3.C4H10O3.2C2H6O/c1-9-3-5-11-7-8-12-6-4-10-2;7-1-3-9-5-6-10-4-2-8;1-7-3-5-9-6-4-8-2;5-1-3-7-4-2-6;2*1-3-2/h3-8H2,1-2H3;7-8H,1-6H2;3-6H2,1-2H3;5-6H,1-4H2;2*1-2H3. The third-order valence-corrected chi connectivity index (χ3v) is 3.41. The zero-order chi connectivity index (χ0) is 34.6. The van der Waals surface area contributed by atoms with E-state index in [-0.39, 0.29) is 26.4 Å². The van der Waals surface area contributed by atoms with Crippen LogP contribution in [0.2, 0.25) is 0 Å². The van der Waals surface area contributed by atoms with Crippen molar-refractivity contribution in [1.29, 1.82) is 0 Å². The number of aliphatic hydroxyl groups is 4. The molecule has 0 rings (SSSR count). The Morgan fingerprint density at radius 3 is 0.545 bits per heavy atom. The SMILES string of the molecule is COC.COC.COCCOCCOC.COCCOCCOCCOC.OCCOCCO.OCCOCCOCCO. The van der Waals surface area contributed by atoms with E-state index < -0.39 is 0 Å². The van der Waals surface area contributed by atoms with Crippen LogP contribution in [0.4, 0.5) is 0 Å². The van der Waals surface area contributed by atoms with Gasteiger partial charge in [0, 0.05) is 56.9 Å². The molecule has 0 aliphatic rings. The smallest absolute Gasteiger partial charge is 0.0701 e. The van der Waals surface area contributed by atoms with E-state index in [1.54, 1.807) is 56.9 Å². The topological polar surface area (TPSA) is 192 Å². The van der Waals surface area contributed by atoms with Crippen molar-refractivity contribution in [3.63, 3.8) is 0 Å². The highest BCUT2D eigenvalue weighted by molar-refractivity contribution is 4.32. The van der Waals surface area contributed by atoms with Gasteiger partial charge < -0.3 is 77.3 Å². The highest BCUT2D eigenvalue weighted by Crippen LogP contribution is 1.80. The summed E-state index contributed by atoms with van der Waals surface area (Å²) in [5.74, 6) is 0. The molecule has 0 radical (unpaired) electrons. The zero-order valence-corrected chi connectivity index (χ0v) is 28.8. The van der Waals surface area contributed by atoms with Crippen LogP contribution in [0.25, 0.3) is 0 Å². The van der Waals surface area contributed by atoms with Crippen LogP contribution >= 0.6 is 0 Å². The van der Waals surface area contributed by atoms with Crippen molar-refractivity contribution in [2.75, 3.05) is 189 Å². The van der Waals surface area contributed by atoms with Crippen LogP contribution in [-0.2, 0) is 56.8 Å². The van der Waals surface area contributed by atoms with Crippen molar-refractivity contribution >= 4 is 0 Å². The van der Waals surface area contributed by atoms with E-state index in [2.05, 4.69) is 14.2 Å². The third kappa shape index (κ3) is 105. The molecule has 0 saturated carbocycles. The Bertz CT molecular complexity index is 332. The molecule has 0 amide bonds. The molecule has 0 aromatic rings. The quantitative estimate of drug-likeness (QED) is 0.0836. The van der Waals surface area contributed by atoms with Gasteiger partial charge in [0.05, 0.1) is 132 Å². The molecule has 0 unspecified atom stereocenters. The lowest BCUT2D eigenvalue weighted by Crippen LogP contribution is -2.10. The molecule has 0 spiro atoms. The molecule has 0 atom stereocenters. The third-order valence-electron chi connectivity index (χ3n) is 3.41. The lowest BCUT2D eigenvalue weighted by atomic mass is 10.7. The van der Waals surface area contributed by atoms with Gasteiger partial charge in [0.25, 0.3) is 0 Å². The largest absolute Gasteiger partial charge is 0.394 e. The molecule has 0 fully saturated rings. The van der Waals surface area contributed by atoms with Gasteiger partial charge in [0.2, 0.25) is 0 Å². The first kappa shape index (κ1) is 55.7. The van der Waals surface area contributed by atoms with E-state index >= 15 is 0 Å². The second kappa shape index (κ2) is 73.7. The number of ether oxygens (including phenoxy) is 12. The summed E-state index contributed by atoms with van der Waals surface area (Å²) < 4.78 is 57.4. The van der Waals surface area contributed by atoms with E-state index in [0.717, 1.165) is 0 Å². The van der Waals surface area contributed by atoms with Crippen LogP contribution in [0, 0.1) is 0 Å². The highest BCUT2D eigenvalue weighted by Gasteiger charge is 1.89. The number of hydrogen-bond donors (Lipinski definition) is 4. The summed E-state index contributed by atoms with van der Waals surface area (Å²) >= 11 is 0. The van der Waals surface area contributed by atoms with Crippen LogP contribution < -0.4 is 0 Å². The summed E-state index contributed by atoms with van der Waals surface area (Å²) in [6.45, 7) is 8.81. The van der Waals surface area contributed by atoms with Gasteiger partial charge in [0.1, 0.15) is 0 Å². The first-order chi connectivity index (χ1) is 21.5. The molecule has 0 saturated heterocycles. The molecular weight excluding hydrogens is 592 g/mol. The normalized spacial score (nSPS) is 9.55. The fourth-order valence-corrected chi connectivity index (χ4v) is 1.68. The molecule has 0 bridgehead atoms. The van der Waals surface area contributed by atoms with Crippen molar-refractivity contribution in [3.8, 4) is 0 Å². The molecule has 0 aromatic carbocycles. The summed E-state index contributed by atoms with van der Waals surface area (Å²) in [6.07, 6.45) is 0. The molecule has 4 N–H and O–H groups in total. The maximum Gasteiger partial charge on any atom is 0.0701 e. The van der Waals surface area contributed by atoms with Crippen LogP contribution in [0.15, 0.2) is 0 Å². The Labute approximate surface area is 266 Å². The number of rotatable bonds is 26. The fourth-order valence-electron chi connectivity index (χ4n) is 1.68. The van der Waals surface area contributed by atoms with E-state index in [4.69, 9.17) is 63.1 Å². The van der Waals surface area contributed by atoms with Crippen LogP contribution in [0.3, 0.4) is 0 Å². The van der Waals surface area contributed by atoms with Crippen molar-refractivity contribution < 1.29 is 77.3 Å². The van der Waals surface area contributed by atoms with Gasteiger partial charge in [-0.25, -0.2) is 0 Å². The Morgan fingerprint density at radius 1 is 0.250 bits per heavy atom. The first-order valence-electron chi connectivity index (χ1n) is 14.1. The zero-order valence-electron chi connectivity index (χ0n) is 28.8. The Hall–Kier alpha value is -0.640. The van der Waals surface area contributed by atoms with Crippen LogP contribution in [0.5, 0.6) is 0 Å². The average molecular weight is 661 g/mol. The Morgan fingerprint density at radius 2 is 0.386 bits per heavy atom. The Balaban J connectivity index is -0.000000104. The maximum atomic E-state index is 8.26. The second-order valence-electron chi connectivity index (χ2n) is 7.36. The molecule has 0 aliphatic carbocycles. The summed E-state index contributed by atoms with van der Waals surface area (Å²) in [7, 11) is 13.1. The minimum absolute atomic E-state index is 0.0278. The molecule has 16 nitrogen and oxygen atoms in total. The summed E-state index contributed by atoms with van der Waals surface area (Å²) in [5.41, 5.74) is 0. The fraction of sp³-hybridized carbons (Fsp3) is 1.00. The van der Waals surface area contributed by atoms with Crippen molar-refractivity contribution in [1.82, 2.24) is 0 Å². The van der Waals surface area contributed by atoms with Gasteiger partial charge >= 0.3 is 0 Å². The maximum absolute atomic E-state index is 8.26. The van der Waals surface area contributed by atoms with Gasteiger partial charge in [-0.15, -0.1) is 0 Å². The Kier molecular flexibility index (Phi) is 93.3. The van der Waals surface area contributed by atoms with Crippen LogP contribution in [-0.4, -0.2) is 209 Å². The lowest BCUT2D eigenvalue weighted by Gasteiger charge is -2.04. The molecule has 44 heavy (non-hydrogen) atoms. The predicted octanol–water partition coefficient (Wildman–Crippen LogP) is -0.875. The van der Waals surface area contributed by atoms with Crippen molar-refractivity contribution in [3.05, 3.63) is 0 Å². The monoisotopic (exact) mass is 660 g/mol. The number of hydrogen-bond acceptors (Lipinski definition) is 16. The van der Waals surface area contributed by atoms with Crippen molar-refractivity contribution in [2.45, 2.75) is 0 Å². The predicted molar refractivity (Wildman–Crippen MR) is 167 cm³/mol. The molecule has 276 valence electrons. The van der Waals surface area contributed by atoms with Gasteiger partial charge in [0.15, 0.2) is 0 Å². The minimum atomic E-state index is 0.0278. The molecular formula is C28H68O16.